The zero-order valence-corrected chi connectivity index (χ0v) is 24.6. The lowest BCUT2D eigenvalue weighted by molar-refractivity contribution is -0.139. The summed E-state index contributed by atoms with van der Waals surface area (Å²) in [7, 11) is 1.57. The van der Waals surface area contributed by atoms with E-state index in [1.165, 1.54) is 0 Å². The molecule has 1 N–H and O–H groups in total. The molecule has 11 heteroatoms. The van der Waals surface area contributed by atoms with Crippen LogP contribution in [-0.2, 0) is 9.53 Å². The van der Waals surface area contributed by atoms with Crippen LogP contribution in [0.1, 0.15) is 42.7 Å². The van der Waals surface area contributed by atoms with E-state index in [1.807, 2.05) is 18.7 Å². The molecule has 1 fully saturated rings. The molecule has 2 heterocycles. The minimum atomic E-state index is -0.830. The lowest BCUT2D eigenvalue weighted by atomic mass is 9.93. The van der Waals surface area contributed by atoms with Gasteiger partial charge in [0.1, 0.15) is 5.75 Å². The molecule has 40 heavy (non-hydrogen) atoms. The molecule has 2 aromatic rings. The van der Waals surface area contributed by atoms with Crippen molar-refractivity contribution in [1.82, 2.24) is 20.0 Å². The normalized spacial score (nSPS) is 19.9. The van der Waals surface area contributed by atoms with E-state index in [-0.39, 0.29) is 29.6 Å². The van der Waals surface area contributed by atoms with Gasteiger partial charge in [-0.3, -0.25) is 14.6 Å². The van der Waals surface area contributed by atoms with E-state index in [9.17, 15) is 14.4 Å². The second kappa shape index (κ2) is 12.9. The van der Waals surface area contributed by atoms with E-state index in [0.717, 1.165) is 0 Å². The van der Waals surface area contributed by atoms with Crippen LogP contribution in [0.15, 0.2) is 53.7 Å². The van der Waals surface area contributed by atoms with Gasteiger partial charge in [0.2, 0.25) is 0 Å². The van der Waals surface area contributed by atoms with Gasteiger partial charge in [0.15, 0.2) is 0 Å². The van der Waals surface area contributed by atoms with Crippen LogP contribution in [0.2, 0.25) is 10.0 Å². The quantitative estimate of drug-likeness (QED) is 0.447. The molecule has 4 rings (SSSR count). The third kappa shape index (κ3) is 6.06. The number of piperazine rings is 1. The van der Waals surface area contributed by atoms with Crippen LogP contribution < -0.4 is 10.1 Å². The van der Waals surface area contributed by atoms with Crippen LogP contribution in [0.5, 0.6) is 5.75 Å². The highest BCUT2D eigenvalue weighted by Crippen LogP contribution is 2.38. The largest absolute Gasteiger partial charge is 0.497 e. The molecule has 2 atom stereocenters. The number of urea groups is 1. The molecule has 1 saturated heterocycles. The summed E-state index contributed by atoms with van der Waals surface area (Å²) in [5, 5.41) is 3.50. The predicted molar refractivity (Wildman–Crippen MR) is 154 cm³/mol. The smallest absolute Gasteiger partial charge is 0.338 e. The number of hydrogen-bond donors (Lipinski definition) is 1. The molecule has 0 radical (unpaired) electrons. The van der Waals surface area contributed by atoms with Crippen LogP contribution in [-0.4, -0.2) is 85.1 Å². The Morgan fingerprint density at radius 2 is 1.85 bits per heavy atom. The Bertz CT molecular complexity index is 1320. The minimum Gasteiger partial charge on any atom is -0.497 e. The van der Waals surface area contributed by atoms with Crippen LogP contribution >= 0.6 is 23.2 Å². The molecular weight excluding hydrogens is 555 g/mol. The molecule has 0 saturated carbocycles. The number of methoxy groups -OCH3 is 1. The van der Waals surface area contributed by atoms with Gasteiger partial charge in [-0.1, -0.05) is 41.4 Å². The SMILES string of the molecule is CCOC(=O)C1=C(CN2CCN(C(=O)c3cccc(OC)c3)C(C)C2)N(CC)C(=O)NC1c1cccc(Cl)c1Cl. The monoisotopic (exact) mass is 588 g/mol. The van der Waals surface area contributed by atoms with E-state index in [0.29, 0.717) is 65.9 Å². The Kier molecular flexibility index (Phi) is 9.60. The first-order valence-electron chi connectivity index (χ1n) is 13.3. The minimum absolute atomic E-state index is 0.0691. The van der Waals surface area contributed by atoms with Crippen LogP contribution in [0, 0.1) is 0 Å². The van der Waals surface area contributed by atoms with Gasteiger partial charge < -0.3 is 19.7 Å². The molecule has 0 spiro atoms. The second-order valence-corrected chi connectivity index (χ2v) is 10.5. The van der Waals surface area contributed by atoms with Crippen molar-refractivity contribution < 1.29 is 23.9 Å². The summed E-state index contributed by atoms with van der Waals surface area (Å²) < 4.78 is 10.7. The van der Waals surface area contributed by atoms with Crippen molar-refractivity contribution in [3.63, 3.8) is 0 Å². The summed E-state index contributed by atoms with van der Waals surface area (Å²) >= 11 is 12.8. The number of rotatable bonds is 8. The predicted octanol–water partition coefficient (Wildman–Crippen LogP) is 4.75. The lowest BCUT2D eigenvalue weighted by Gasteiger charge is -2.43. The van der Waals surface area contributed by atoms with Gasteiger partial charge in [0.25, 0.3) is 5.91 Å². The number of likely N-dealkylation sites (N-methyl/N-ethyl adjacent to an activating group) is 1. The Balaban J connectivity index is 1.64. The van der Waals surface area contributed by atoms with E-state index in [1.54, 1.807) is 61.4 Å². The number of esters is 1. The fourth-order valence-electron chi connectivity index (χ4n) is 5.25. The highest BCUT2D eigenvalue weighted by Gasteiger charge is 2.40. The first-order chi connectivity index (χ1) is 19.2. The molecule has 9 nitrogen and oxygen atoms in total. The van der Waals surface area contributed by atoms with Gasteiger partial charge in [-0.25, -0.2) is 9.59 Å². The first kappa shape index (κ1) is 29.7. The molecular formula is C29H34Cl2N4O5. The fraction of sp³-hybridized carbons (Fsp3) is 0.414. The molecule has 214 valence electrons. The summed E-state index contributed by atoms with van der Waals surface area (Å²) in [6.07, 6.45) is 0. The number of ether oxygens (including phenoxy) is 2. The standard InChI is InChI=1S/C29H34Cl2N4O5/c1-5-34-23(17-33-13-14-35(18(3)16-33)27(36)19-9-7-10-20(15-19)39-4)24(28(37)40-6-2)26(32-29(34)38)21-11-8-12-22(30)25(21)31/h7-12,15,18,26H,5-6,13-14,16-17H2,1-4H3,(H,32,38). The van der Waals surface area contributed by atoms with Crippen molar-refractivity contribution >= 4 is 41.1 Å². The molecule has 0 aromatic heterocycles. The summed E-state index contributed by atoms with van der Waals surface area (Å²) in [6.45, 7) is 8.01. The lowest BCUT2D eigenvalue weighted by Crippen LogP contribution is -2.56. The zero-order chi connectivity index (χ0) is 29.0. The van der Waals surface area contributed by atoms with Gasteiger partial charge in [-0.15, -0.1) is 0 Å². The maximum Gasteiger partial charge on any atom is 0.338 e. The Morgan fingerprint density at radius 3 is 2.52 bits per heavy atom. The third-order valence-electron chi connectivity index (χ3n) is 7.20. The first-order valence-corrected chi connectivity index (χ1v) is 14.0. The van der Waals surface area contributed by atoms with Crippen molar-refractivity contribution in [2.24, 2.45) is 0 Å². The summed E-state index contributed by atoms with van der Waals surface area (Å²) in [5.41, 5.74) is 1.94. The average molecular weight is 590 g/mol. The van der Waals surface area contributed by atoms with Crippen LogP contribution in [0.25, 0.3) is 0 Å². The van der Waals surface area contributed by atoms with E-state index >= 15 is 0 Å². The summed E-state index contributed by atoms with van der Waals surface area (Å²) in [5.74, 6) is 0.0254. The van der Waals surface area contributed by atoms with E-state index in [4.69, 9.17) is 32.7 Å². The topological polar surface area (TPSA) is 91.4 Å². The fourth-order valence-corrected chi connectivity index (χ4v) is 5.66. The third-order valence-corrected chi connectivity index (χ3v) is 8.04. The molecule has 0 aliphatic carbocycles. The van der Waals surface area contributed by atoms with Crippen molar-refractivity contribution in [1.29, 1.82) is 0 Å². The van der Waals surface area contributed by atoms with Crippen LogP contribution in [0.3, 0.4) is 0 Å². The van der Waals surface area contributed by atoms with Gasteiger partial charge >= 0.3 is 12.0 Å². The highest BCUT2D eigenvalue weighted by atomic mass is 35.5. The number of amides is 3. The number of carbonyl (C=O) groups excluding carboxylic acids is 3. The van der Waals surface area contributed by atoms with Gasteiger partial charge in [0.05, 0.1) is 35.4 Å². The number of carbonyl (C=O) groups is 3. The molecule has 2 unspecified atom stereocenters. The zero-order valence-electron chi connectivity index (χ0n) is 23.1. The maximum atomic E-state index is 13.4. The highest BCUT2D eigenvalue weighted by molar-refractivity contribution is 6.42. The van der Waals surface area contributed by atoms with Crippen LogP contribution in [0.4, 0.5) is 4.79 Å². The van der Waals surface area contributed by atoms with E-state index < -0.39 is 12.0 Å². The summed E-state index contributed by atoms with van der Waals surface area (Å²) in [4.78, 5) is 45.5. The van der Waals surface area contributed by atoms with Crippen molar-refractivity contribution in [2.75, 3.05) is 46.4 Å². The second-order valence-electron chi connectivity index (χ2n) is 9.67. The average Bonchev–Trinajstić information content (AvgIpc) is 2.94. The number of hydrogen-bond acceptors (Lipinski definition) is 6. The number of nitrogens with zero attached hydrogens (tertiary/aromatic N) is 3. The molecule has 2 aliphatic heterocycles. The van der Waals surface area contributed by atoms with Gasteiger partial charge in [0, 0.05) is 50.0 Å². The van der Waals surface area contributed by atoms with Crippen molar-refractivity contribution in [3.05, 3.63) is 74.9 Å². The Morgan fingerprint density at radius 1 is 1.10 bits per heavy atom. The van der Waals surface area contributed by atoms with Crippen molar-refractivity contribution in [2.45, 2.75) is 32.9 Å². The number of halogens is 2. The van der Waals surface area contributed by atoms with Crippen molar-refractivity contribution in [3.8, 4) is 5.75 Å². The van der Waals surface area contributed by atoms with Gasteiger partial charge in [-0.2, -0.15) is 0 Å². The molecule has 0 bridgehead atoms. The molecule has 2 aromatic carbocycles. The Labute approximate surface area is 244 Å². The summed E-state index contributed by atoms with van der Waals surface area (Å²) in [6, 6.07) is 11.0. The molecule has 3 amide bonds. The van der Waals surface area contributed by atoms with Gasteiger partial charge in [-0.05, 0) is 50.6 Å². The number of benzene rings is 2. The van der Waals surface area contributed by atoms with E-state index in [2.05, 4.69) is 10.2 Å². The molecule has 2 aliphatic rings. The number of nitrogens with one attached hydrogen (secondary N) is 1. The Hall–Kier alpha value is -3.27. The maximum absolute atomic E-state index is 13.4.